The number of benzene rings is 2. The van der Waals surface area contributed by atoms with E-state index in [1.165, 1.54) is 38.1 Å². The van der Waals surface area contributed by atoms with Gasteiger partial charge in [-0.3, -0.25) is 14.4 Å². The van der Waals surface area contributed by atoms with Crippen LogP contribution in [0.3, 0.4) is 0 Å². The van der Waals surface area contributed by atoms with Gasteiger partial charge in [0.25, 0.3) is 5.79 Å². The van der Waals surface area contributed by atoms with E-state index in [0.717, 1.165) is 6.07 Å². The number of phenolic OH excluding ortho intramolecular Hbond substituents is 2. The number of hydrogen-bond acceptors (Lipinski definition) is 13. The van der Waals surface area contributed by atoms with E-state index in [0.29, 0.717) is 6.42 Å². The van der Waals surface area contributed by atoms with Crippen LogP contribution in [-0.2, 0) is 35.0 Å². The van der Waals surface area contributed by atoms with Gasteiger partial charge in [-0.15, -0.1) is 0 Å². The fraction of sp³-hybridized carbons (Fsp3) is 0.395. The zero-order valence-electron chi connectivity index (χ0n) is 28.7. The van der Waals surface area contributed by atoms with E-state index in [2.05, 4.69) is 0 Å². The summed E-state index contributed by atoms with van der Waals surface area (Å²) in [5, 5.41) is 52.3. The van der Waals surface area contributed by atoms with E-state index in [9.17, 15) is 49.5 Å². The van der Waals surface area contributed by atoms with E-state index < -0.39 is 88.8 Å². The Hall–Kier alpha value is -4.99. The van der Waals surface area contributed by atoms with Crippen molar-refractivity contribution in [2.24, 2.45) is 0 Å². The van der Waals surface area contributed by atoms with Gasteiger partial charge in [0, 0.05) is 52.8 Å². The molecule has 0 unspecified atom stereocenters. The number of fused-ring (bicyclic) bond motifs is 4. The summed E-state index contributed by atoms with van der Waals surface area (Å²) in [6, 6.07) is 3.83. The largest absolute Gasteiger partial charge is 0.508 e. The smallest absolute Gasteiger partial charge is 0.364 e. The predicted molar refractivity (Wildman–Crippen MR) is 179 cm³/mol. The first-order chi connectivity index (χ1) is 24.4. The lowest BCUT2D eigenvalue weighted by Crippen LogP contribution is -2.51. The maximum Gasteiger partial charge on any atom is 0.364 e. The van der Waals surface area contributed by atoms with Crippen molar-refractivity contribution < 1.29 is 68.5 Å². The number of aliphatic carboxylic acids is 1. The fourth-order valence-corrected chi connectivity index (χ4v) is 7.08. The summed E-state index contributed by atoms with van der Waals surface area (Å²) in [6.07, 6.45) is 4.58. The SMILES string of the molecule is C[C@@H]1O[C@](C)(C(=O)O)O[C@H]1/C=C/C=C/C=C/C(=O)O[C@H]1CC[C@H](c2ccc3c(c2O)C(=O)c2cc(O)c4c(c2C3=O)C(=O)[C@H](O)[C@@](C)(O)C4)O[C@@H]1C. The van der Waals surface area contributed by atoms with Crippen molar-refractivity contribution in [3.05, 3.63) is 93.6 Å². The molecule has 0 radical (unpaired) electrons. The van der Waals surface area contributed by atoms with Crippen LogP contribution in [0, 0.1) is 0 Å². The van der Waals surface area contributed by atoms with Gasteiger partial charge in [0.15, 0.2) is 17.3 Å². The molecule has 2 aromatic rings. The third kappa shape index (κ3) is 6.37. The number of carbonyl (C=O) groups excluding carboxylic acids is 4. The molecule has 6 rings (SSSR count). The number of hydrogen-bond donors (Lipinski definition) is 5. The van der Waals surface area contributed by atoms with E-state index in [1.54, 1.807) is 38.2 Å². The number of aliphatic hydroxyl groups excluding tert-OH is 1. The summed E-state index contributed by atoms with van der Waals surface area (Å²) in [5.41, 5.74) is -3.19. The monoisotopic (exact) mass is 718 g/mol. The van der Waals surface area contributed by atoms with Gasteiger partial charge in [-0.05, 0) is 45.7 Å². The fourth-order valence-electron chi connectivity index (χ4n) is 7.08. The van der Waals surface area contributed by atoms with Crippen LogP contribution in [0.4, 0.5) is 0 Å². The first kappa shape index (κ1) is 36.8. The van der Waals surface area contributed by atoms with Crippen LogP contribution in [0.25, 0.3) is 0 Å². The Bertz CT molecular complexity index is 1970. The summed E-state index contributed by atoms with van der Waals surface area (Å²) in [5.74, 6) is -7.14. The Labute approximate surface area is 297 Å². The molecule has 2 fully saturated rings. The Kier molecular flexibility index (Phi) is 9.57. The van der Waals surface area contributed by atoms with Crippen LogP contribution >= 0.6 is 0 Å². The Morgan fingerprint density at radius 2 is 1.60 bits per heavy atom. The first-order valence-electron chi connectivity index (χ1n) is 16.7. The highest BCUT2D eigenvalue weighted by Crippen LogP contribution is 2.45. The lowest BCUT2D eigenvalue weighted by Gasteiger charge is -2.36. The van der Waals surface area contributed by atoms with Gasteiger partial charge in [-0.2, -0.15) is 0 Å². The molecule has 0 amide bonds. The quantitative estimate of drug-likeness (QED) is 0.135. The second kappa shape index (κ2) is 13.5. The van der Waals surface area contributed by atoms with Gasteiger partial charge in [-0.1, -0.05) is 36.4 Å². The number of carboxylic acid groups (broad SMARTS) is 1. The minimum Gasteiger partial charge on any atom is -0.508 e. The zero-order valence-corrected chi connectivity index (χ0v) is 28.7. The maximum atomic E-state index is 13.8. The van der Waals surface area contributed by atoms with Gasteiger partial charge >= 0.3 is 11.9 Å². The molecule has 14 heteroatoms. The number of rotatable bonds is 7. The average molecular weight is 719 g/mol. The molecule has 5 N–H and O–H groups in total. The number of carboxylic acids is 1. The van der Waals surface area contributed by atoms with Crippen molar-refractivity contribution in [1.29, 1.82) is 0 Å². The van der Waals surface area contributed by atoms with Crippen LogP contribution in [0.5, 0.6) is 11.5 Å². The number of Topliss-reactive ketones (excluding diaryl/α,β-unsaturated/α-hetero) is 1. The van der Waals surface area contributed by atoms with Crippen molar-refractivity contribution in [3.63, 3.8) is 0 Å². The Morgan fingerprint density at radius 3 is 2.27 bits per heavy atom. The summed E-state index contributed by atoms with van der Waals surface area (Å²) < 4.78 is 22.5. The van der Waals surface area contributed by atoms with Crippen molar-refractivity contribution in [1.82, 2.24) is 0 Å². The van der Waals surface area contributed by atoms with Gasteiger partial charge in [0.1, 0.15) is 29.8 Å². The van der Waals surface area contributed by atoms with Crippen LogP contribution in [0.2, 0.25) is 0 Å². The summed E-state index contributed by atoms with van der Waals surface area (Å²) in [6.45, 7) is 5.95. The molecule has 14 nitrogen and oxygen atoms in total. The molecule has 2 aromatic carbocycles. The van der Waals surface area contributed by atoms with Crippen molar-refractivity contribution in [2.45, 2.75) is 95.0 Å². The summed E-state index contributed by atoms with van der Waals surface area (Å²) in [7, 11) is 0. The van der Waals surface area contributed by atoms with E-state index in [-0.39, 0.29) is 51.8 Å². The topological polar surface area (TPSA) is 223 Å². The molecular formula is C38H38O14. The molecule has 2 heterocycles. The third-order valence-corrected chi connectivity index (χ3v) is 9.90. The van der Waals surface area contributed by atoms with Crippen LogP contribution in [0.15, 0.2) is 54.7 Å². The number of carbonyl (C=O) groups is 5. The standard InChI is InChI=1S/C38H38O14/c1-17-24(50-27(40)10-8-6-5-7-9-25-18(2)51-38(4,52-25)36(46)47)13-14-26(49-17)19-11-12-20-30(31(19)41)33(43)21-15-23(39)22-16-37(3,48)35(45)34(44)29(22)28(21)32(20)42/h5-12,15,17-18,24-26,35,39,41,45,48H,13-14,16H2,1-4H3,(H,46,47)/b6-5+,9-7+,10-8+/t17-,18+,24+,25+,26-,35+,37+,38+/m1/s1. The molecule has 0 bridgehead atoms. The van der Waals surface area contributed by atoms with Crippen LogP contribution in [-0.4, -0.2) is 96.7 Å². The maximum absolute atomic E-state index is 13.8. The molecule has 2 aliphatic heterocycles. The van der Waals surface area contributed by atoms with Gasteiger partial charge in [-0.25, -0.2) is 9.59 Å². The number of aromatic hydroxyl groups is 2. The predicted octanol–water partition coefficient (Wildman–Crippen LogP) is 3.15. The first-order valence-corrected chi connectivity index (χ1v) is 16.7. The molecule has 52 heavy (non-hydrogen) atoms. The van der Waals surface area contributed by atoms with E-state index in [4.69, 9.17) is 18.9 Å². The highest BCUT2D eigenvalue weighted by atomic mass is 16.8. The number of allylic oxidation sites excluding steroid dienone is 4. The highest BCUT2D eigenvalue weighted by Gasteiger charge is 2.49. The van der Waals surface area contributed by atoms with Gasteiger partial charge in [0.2, 0.25) is 0 Å². The number of ketones is 3. The Morgan fingerprint density at radius 1 is 0.904 bits per heavy atom. The molecule has 0 aromatic heterocycles. The van der Waals surface area contributed by atoms with E-state index in [1.807, 2.05) is 0 Å². The van der Waals surface area contributed by atoms with Gasteiger partial charge < -0.3 is 44.5 Å². The normalized spacial score (nSPS) is 31.6. The Balaban J connectivity index is 1.10. The molecular weight excluding hydrogens is 680 g/mol. The second-order valence-corrected chi connectivity index (χ2v) is 13.7. The lowest BCUT2D eigenvalue weighted by molar-refractivity contribution is -0.200. The highest BCUT2D eigenvalue weighted by molar-refractivity contribution is 6.32. The minimum atomic E-state index is -1.90. The zero-order chi connectivity index (χ0) is 37.9. The van der Waals surface area contributed by atoms with Crippen molar-refractivity contribution in [2.75, 3.05) is 0 Å². The third-order valence-electron chi connectivity index (χ3n) is 9.90. The number of aliphatic hydroxyl groups is 2. The average Bonchev–Trinajstić information content (AvgIpc) is 3.39. The lowest BCUT2D eigenvalue weighted by atomic mass is 9.71. The second-order valence-electron chi connectivity index (χ2n) is 13.7. The van der Waals surface area contributed by atoms with E-state index >= 15 is 0 Å². The van der Waals surface area contributed by atoms with Crippen molar-refractivity contribution in [3.8, 4) is 11.5 Å². The summed E-state index contributed by atoms with van der Waals surface area (Å²) >= 11 is 0. The molecule has 2 aliphatic carbocycles. The number of esters is 1. The summed E-state index contributed by atoms with van der Waals surface area (Å²) in [4.78, 5) is 64.5. The molecule has 274 valence electrons. The van der Waals surface area contributed by atoms with Crippen LogP contribution in [0.1, 0.15) is 100.0 Å². The number of phenols is 2. The van der Waals surface area contributed by atoms with Gasteiger partial charge in [0.05, 0.1) is 29.5 Å². The molecule has 4 aliphatic rings. The molecule has 8 atom stereocenters. The number of ether oxygens (including phenoxy) is 4. The molecule has 0 saturated carbocycles. The molecule has 0 spiro atoms. The van der Waals surface area contributed by atoms with Crippen molar-refractivity contribution >= 4 is 29.3 Å². The minimum absolute atomic E-state index is 0.0580. The van der Waals surface area contributed by atoms with Crippen LogP contribution < -0.4 is 0 Å². The molecule has 2 saturated heterocycles.